The molecule has 0 radical (unpaired) electrons. The number of piperidine rings is 1. The first kappa shape index (κ1) is 12.2. The van der Waals surface area contributed by atoms with Crippen LogP contribution in [0.15, 0.2) is 0 Å². The van der Waals surface area contributed by atoms with Gasteiger partial charge in [0, 0.05) is 13.1 Å². The number of anilines is 1. The van der Waals surface area contributed by atoms with E-state index in [2.05, 4.69) is 27.0 Å². The molecule has 2 rings (SSSR count). The van der Waals surface area contributed by atoms with E-state index in [0.717, 1.165) is 43.4 Å². The van der Waals surface area contributed by atoms with Crippen LogP contribution in [0.2, 0.25) is 0 Å². The molecule has 1 aromatic rings. The highest BCUT2D eigenvalue weighted by atomic mass is 15.3. The summed E-state index contributed by atoms with van der Waals surface area (Å²) in [5.74, 6) is 1.98. The van der Waals surface area contributed by atoms with Crippen LogP contribution in [-0.2, 0) is 0 Å². The summed E-state index contributed by atoms with van der Waals surface area (Å²) in [6.45, 7) is 8.86. The molecular formula is C12H21N5. The van der Waals surface area contributed by atoms with E-state index in [9.17, 15) is 0 Å². The van der Waals surface area contributed by atoms with Crippen LogP contribution < -0.4 is 10.6 Å². The van der Waals surface area contributed by atoms with Crippen molar-refractivity contribution in [1.29, 1.82) is 0 Å². The Morgan fingerprint density at radius 2 is 2.06 bits per heavy atom. The van der Waals surface area contributed by atoms with Crippen LogP contribution in [0.25, 0.3) is 0 Å². The maximum absolute atomic E-state index is 5.80. The van der Waals surface area contributed by atoms with Crippen molar-refractivity contribution in [3.8, 4) is 0 Å². The zero-order chi connectivity index (χ0) is 12.4. The zero-order valence-corrected chi connectivity index (χ0v) is 10.8. The third kappa shape index (κ3) is 2.54. The summed E-state index contributed by atoms with van der Waals surface area (Å²) >= 11 is 0. The molecule has 0 aromatic carbocycles. The van der Waals surface area contributed by atoms with Gasteiger partial charge in [0.25, 0.3) is 0 Å². The normalized spacial score (nSPS) is 25.1. The van der Waals surface area contributed by atoms with Gasteiger partial charge in [-0.05, 0) is 38.6 Å². The highest BCUT2D eigenvalue weighted by molar-refractivity contribution is 5.30. The van der Waals surface area contributed by atoms with Gasteiger partial charge in [0.15, 0.2) is 0 Å². The second-order valence-electron chi connectivity index (χ2n) is 4.99. The summed E-state index contributed by atoms with van der Waals surface area (Å²) in [5.41, 5.74) is 7.66. The highest BCUT2D eigenvalue weighted by Gasteiger charge is 2.26. The quantitative estimate of drug-likeness (QED) is 0.825. The second kappa shape index (κ2) is 4.96. The molecule has 1 aliphatic rings. The van der Waals surface area contributed by atoms with E-state index >= 15 is 0 Å². The van der Waals surface area contributed by atoms with Crippen LogP contribution in [0.3, 0.4) is 0 Å². The van der Waals surface area contributed by atoms with E-state index in [1.165, 1.54) is 0 Å². The molecular weight excluding hydrogens is 214 g/mol. The van der Waals surface area contributed by atoms with E-state index in [1.54, 1.807) is 0 Å². The van der Waals surface area contributed by atoms with E-state index in [0.29, 0.717) is 11.8 Å². The largest absolute Gasteiger partial charge is 0.339 e. The summed E-state index contributed by atoms with van der Waals surface area (Å²) in [6.07, 6.45) is 1.15. The Hall–Kier alpha value is -1.23. The minimum atomic E-state index is 0.536. The maximum Gasteiger partial charge on any atom is 0.245 e. The molecule has 1 aromatic heterocycles. The maximum atomic E-state index is 5.80. The fraction of sp³-hybridized carbons (Fsp3) is 0.750. The van der Waals surface area contributed by atoms with Crippen LogP contribution in [0.4, 0.5) is 5.95 Å². The Labute approximate surface area is 102 Å². The standard InChI is InChI=1S/C12H21N5/c1-8-4-5-17(7-11(8)6-13)12-14-9(2)10(3)15-16-12/h8,11H,4-7,13H2,1-3H3. The lowest BCUT2D eigenvalue weighted by Crippen LogP contribution is -2.43. The smallest absolute Gasteiger partial charge is 0.245 e. The van der Waals surface area contributed by atoms with E-state index in [4.69, 9.17) is 5.73 Å². The minimum absolute atomic E-state index is 0.536. The van der Waals surface area contributed by atoms with Gasteiger partial charge in [-0.25, -0.2) is 4.98 Å². The highest BCUT2D eigenvalue weighted by Crippen LogP contribution is 2.24. The number of rotatable bonds is 2. The second-order valence-corrected chi connectivity index (χ2v) is 4.99. The van der Waals surface area contributed by atoms with Crippen molar-refractivity contribution in [2.75, 3.05) is 24.5 Å². The predicted octanol–water partition coefficient (Wildman–Crippen LogP) is 0.910. The fourth-order valence-electron chi connectivity index (χ4n) is 2.22. The van der Waals surface area contributed by atoms with Gasteiger partial charge in [-0.15, -0.1) is 5.10 Å². The summed E-state index contributed by atoms with van der Waals surface area (Å²) in [7, 11) is 0. The lowest BCUT2D eigenvalue weighted by Gasteiger charge is -2.36. The molecule has 0 aliphatic carbocycles. The van der Waals surface area contributed by atoms with Crippen molar-refractivity contribution in [2.45, 2.75) is 27.2 Å². The fourth-order valence-corrected chi connectivity index (χ4v) is 2.22. The Morgan fingerprint density at radius 1 is 1.29 bits per heavy atom. The van der Waals surface area contributed by atoms with Gasteiger partial charge < -0.3 is 10.6 Å². The molecule has 5 heteroatoms. The average Bonchev–Trinajstić information content (AvgIpc) is 2.33. The molecule has 5 nitrogen and oxygen atoms in total. The van der Waals surface area contributed by atoms with Crippen molar-refractivity contribution in [1.82, 2.24) is 15.2 Å². The van der Waals surface area contributed by atoms with Crippen molar-refractivity contribution in [2.24, 2.45) is 17.6 Å². The Kier molecular flexibility index (Phi) is 3.57. The van der Waals surface area contributed by atoms with Gasteiger partial charge in [-0.1, -0.05) is 6.92 Å². The number of aryl methyl sites for hydroxylation is 2. The van der Waals surface area contributed by atoms with Crippen LogP contribution >= 0.6 is 0 Å². The lowest BCUT2D eigenvalue weighted by atomic mass is 9.87. The van der Waals surface area contributed by atoms with Gasteiger partial charge in [-0.2, -0.15) is 5.10 Å². The Bertz CT molecular complexity index is 392. The van der Waals surface area contributed by atoms with E-state index in [-0.39, 0.29) is 0 Å². The minimum Gasteiger partial charge on any atom is -0.339 e. The molecule has 0 bridgehead atoms. The lowest BCUT2D eigenvalue weighted by molar-refractivity contribution is 0.305. The molecule has 94 valence electrons. The molecule has 0 spiro atoms. The van der Waals surface area contributed by atoms with Gasteiger partial charge in [0.1, 0.15) is 0 Å². The third-order valence-corrected chi connectivity index (χ3v) is 3.78. The van der Waals surface area contributed by atoms with Crippen LogP contribution in [0.1, 0.15) is 24.7 Å². The van der Waals surface area contributed by atoms with Gasteiger partial charge in [-0.3, -0.25) is 0 Å². The number of hydrogen-bond donors (Lipinski definition) is 1. The van der Waals surface area contributed by atoms with Gasteiger partial charge in [0.05, 0.1) is 11.4 Å². The van der Waals surface area contributed by atoms with E-state index in [1.807, 2.05) is 13.8 Å². The first-order valence-corrected chi connectivity index (χ1v) is 6.24. The monoisotopic (exact) mass is 235 g/mol. The Morgan fingerprint density at radius 3 is 2.71 bits per heavy atom. The van der Waals surface area contributed by atoms with Crippen molar-refractivity contribution >= 4 is 5.95 Å². The molecule has 2 unspecified atom stereocenters. The van der Waals surface area contributed by atoms with Crippen molar-refractivity contribution in [3.05, 3.63) is 11.4 Å². The molecule has 0 saturated carbocycles. The van der Waals surface area contributed by atoms with E-state index < -0.39 is 0 Å². The summed E-state index contributed by atoms with van der Waals surface area (Å²) in [6, 6.07) is 0. The third-order valence-electron chi connectivity index (χ3n) is 3.78. The summed E-state index contributed by atoms with van der Waals surface area (Å²) in [4.78, 5) is 6.71. The van der Waals surface area contributed by atoms with Gasteiger partial charge in [0.2, 0.25) is 5.95 Å². The SMILES string of the molecule is Cc1nnc(N2CCC(C)C(CN)C2)nc1C. The topological polar surface area (TPSA) is 67.9 Å². The molecule has 2 N–H and O–H groups in total. The molecule has 1 saturated heterocycles. The molecule has 1 aliphatic heterocycles. The molecule has 17 heavy (non-hydrogen) atoms. The summed E-state index contributed by atoms with van der Waals surface area (Å²) in [5, 5.41) is 8.32. The number of nitrogens with zero attached hydrogens (tertiary/aromatic N) is 4. The number of aromatic nitrogens is 3. The first-order valence-electron chi connectivity index (χ1n) is 6.24. The molecule has 1 fully saturated rings. The molecule has 2 atom stereocenters. The number of nitrogens with two attached hydrogens (primary N) is 1. The van der Waals surface area contributed by atoms with Crippen LogP contribution in [-0.4, -0.2) is 34.8 Å². The van der Waals surface area contributed by atoms with Crippen LogP contribution in [0.5, 0.6) is 0 Å². The first-order chi connectivity index (χ1) is 8.11. The van der Waals surface area contributed by atoms with Crippen molar-refractivity contribution < 1.29 is 0 Å². The molecule has 2 heterocycles. The zero-order valence-electron chi connectivity index (χ0n) is 10.8. The van der Waals surface area contributed by atoms with Crippen molar-refractivity contribution in [3.63, 3.8) is 0 Å². The Balaban J connectivity index is 2.14. The predicted molar refractivity (Wildman–Crippen MR) is 67.8 cm³/mol. The number of hydrogen-bond acceptors (Lipinski definition) is 5. The average molecular weight is 235 g/mol. The molecule has 0 amide bonds. The van der Waals surface area contributed by atoms with Crippen LogP contribution in [0, 0.1) is 25.7 Å². The van der Waals surface area contributed by atoms with Gasteiger partial charge >= 0.3 is 0 Å². The summed E-state index contributed by atoms with van der Waals surface area (Å²) < 4.78 is 0.